The lowest BCUT2D eigenvalue weighted by Gasteiger charge is -2.12. The minimum atomic E-state index is -0.160. The normalized spacial score (nSPS) is 16.3. The molecule has 0 bridgehead atoms. The van der Waals surface area contributed by atoms with Gasteiger partial charge in [-0.1, -0.05) is 17.7 Å². The molecular weight excluding hydrogens is 354 g/mol. The second-order valence-corrected chi connectivity index (χ2v) is 6.47. The molecule has 1 unspecified atom stereocenters. The van der Waals surface area contributed by atoms with Crippen molar-refractivity contribution in [2.24, 2.45) is 0 Å². The second-order valence-electron chi connectivity index (χ2n) is 6.03. The van der Waals surface area contributed by atoms with Gasteiger partial charge in [-0.3, -0.25) is 4.79 Å². The van der Waals surface area contributed by atoms with Gasteiger partial charge in [0.05, 0.1) is 12.6 Å². The van der Waals surface area contributed by atoms with Crippen molar-refractivity contribution in [3.63, 3.8) is 0 Å². The van der Waals surface area contributed by atoms with Crippen LogP contribution in [0.1, 0.15) is 23.2 Å². The number of halogens is 1. The fourth-order valence-electron chi connectivity index (χ4n) is 2.66. The van der Waals surface area contributed by atoms with E-state index in [0.717, 1.165) is 19.4 Å². The van der Waals surface area contributed by atoms with Crippen LogP contribution in [-0.2, 0) is 4.74 Å². The molecule has 1 N–H and O–H groups in total. The average molecular weight is 376 g/mol. The molecule has 0 radical (unpaired) electrons. The molecule has 2 aromatic rings. The summed E-state index contributed by atoms with van der Waals surface area (Å²) in [5.74, 6) is 1.23. The van der Waals surface area contributed by atoms with Crippen molar-refractivity contribution in [3.05, 3.63) is 59.1 Å². The lowest BCUT2D eigenvalue weighted by atomic mass is 10.2. The van der Waals surface area contributed by atoms with Crippen molar-refractivity contribution < 1.29 is 19.0 Å². The highest BCUT2D eigenvalue weighted by Gasteiger charge is 2.16. The minimum absolute atomic E-state index is 0.150. The zero-order valence-corrected chi connectivity index (χ0v) is 15.2. The van der Waals surface area contributed by atoms with Gasteiger partial charge >= 0.3 is 0 Å². The summed E-state index contributed by atoms with van der Waals surface area (Å²) in [6, 6.07) is 14.3. The number of hydrogen-bond acceptors (Lipinski definition) is 4. The Hall–Kier alpha value is -2.24. The lowest BCUT2D eigenvalue weighted by Crippen LogP contribution is -2.28. The molecule has 1 amide bonds. The summed E-state index contributed by atoms with van der Waals surface area (Å²) in [6.07, 6.45) is 2.25. The molecule has 0 aliphatic carbocycles. The summed E-state index contributed by atoms with van der Waals surface area (Å²) in [5, 5.41) is 3.49. The maximum Gasteiger partial charge on any atom is 0.251 e. The van der Waals surface area contributed by atoms with Crippen LogP contribution in [0.4, 0.5) is 0 Å². The van der Waals surface area contributed by atoms with Gasteiger partial charge in [-0.2, -0.15) is 0 Å². The fourth-order valence-corrected chi connectivity index (χ4v) is 2.78. The number of hydrogen-bond donors (Lipinski definition) is 1. The molecule has 1 aliphatic heterocycles. The van der Waals surface area contributed by atoms with Gasteiger partial charge in [-0.15, -0.1) is 0 Å². The summed E-state index contributed by atoms with van der Waals surface area (Å²) >= 11 is 5.82. The first kappa shape index (κ1) is 18.5. The SMILES string of the molecule is O=C(NCCOc1ccc(Cl)cc1)c1cccc(OCC2CCCO2)c1. The van der Waals surface area contributed by atoms with Crippen LogP contribution in [0.15, 0.2) is 48.5 Å². The Morgan fingerprint density at radius 3 is 2.77 bits per heavy atom. The highest BCUT2D eigenvalue weighted by molar-refractivity contribution is 6.30. The largest absolute Gasteiger partial charge is 0.492 e. The molecule has 1 heterocycles. The monoisotopic (exact) mass is 375 g/mol. The Morgan fingerprint density at radius 2 is 2.00 bits per heavy atom. The molecule has 6 heteroatoms. The summed E-state index contributed by atoms with van der Waals surface area (Å²) in [4.78, 5) is 12.2. The lowest BCUT2D eigenvalue weighted by molar-refractivity contribution is 0.0679. The Kier molecular flexibility index (Phi) is 6.75. The van der Waals surface area contributed by atoms with Crippen LogP contribution in [0, 0.1) is 0 Å². The highest BCUT2D eigenvalue weighted by Crippen LogP contribution is 2.17. The molecule has 1 fully saturated rings. The van der Waals surface area contributed by atoms with Gasteiger partial charge < -0.3 is 19.5 Å². The maximum absolute atomic E-state index is 12.2. The summed E-state index contributed by atoms with van der Waals surface area (Å²) in [6.45, 7) is 2.10. The van der Waals surface area contributed by atoms with E-state index in [2.05, 4.69) is 5.32 Å². The summed E-state index contributed by atoms with van der Waals surface area (Å²) < 4.78 is 16.8. The van der Waals surface area contributed by atoms with Crippen LogP contribution in [0.5, 0.6) is 11.5 Å². The molecule has 26 heavy (non-hydrogen) atoms. The van der Waals surface area contributed by atoms with Crippen molar-refractivity contribution >= 4 is 17.5 Å². The fraction of sp³-hybridized carbons (Fsp3) is 0.350. The zero-order chi connectivity index (χ0) is 18.2. The minimum Gasteiger partial charge on any atom is -0.492 e. The number of benzene rings is 2. The molecule has 138 valence electrons. The first-order valence-electron chi connectivity index (χ1n) is 8.72. The van der Waals surface area contributed by atoms with Crippen LogP contribution in [0.2, 0.25) is 5.02 Å². The van der Waals surface area contributed by atoms with Crippen LogP contribution in [0.25, 0.3) is 0 Å². The van der Waals surface area contributed by atoms with E-state index >= 15 is 0 Å². The predicted molar refractivity (Wildman–Crippen MR) is 100 cm³/mol. The van der Waals surface area contributed by atoms with Crippen molar-refractivity contribution in [3.8, 4) is 11.5 Å². The van der Waals surface area contributed by atoms with Crippen LogP contribution in [-0.4, -0.2) is 38.4 Å². The number of nitrogens with one attached hydrogen (secondary N) is 1. The second kappa shape index (κ2) is 9.46. The quantitative estimate of drug-likeness (QED) is 0.715. The Morgan fingerprint density at radius 1 is 1.15 bits per heavy atom. The van der Waals surface area contributed by atoms with Crippen molar-refractivity contribution in [2.45, 2.75) is 18.9 Å². The predicted octanol–water partition coefficient (Wildman–Crippen LogP) is 3.71. The zero-order valence-electron chi connectivity index (χ0n) is 14.4. The van der Waals surface area contributed by atoms with Gasteiger partial charge in [-0.25, -0.2) is 0 Å². The van der Waals surface area contributed by atoms with E-state index in [0.29, 0.717) is 41.8 Å². The molecule has 5 nitrogen and oxygen atoms in total. The molecular formula is C20H22ClNO4. The Labute approximate surface area is 158 Å². The number of rotatable bonds is 8. The van der Waals surface area contributed by atoms with Gasteiger partial charge in [0.1, 0.15) is 24.7 Å². The Balaban J connectivity index is 1.42. The third-order valence-corrected chi connectivity index (χ3v) is 4.28. The van der Waals surface area contributed by atoms with E-state index in [-0.39, 0.29) is 12.0 Å². The first-order valence-corrected chi connectivity index (χ1v) is 9.09. The molecule has 1 atom stereocenters. The third kappa shape index (κ3) is 5.64. The van der Waals surface area contributed by atoms with E-state index in [1.54, 1.807) is 36.4 Å². The van der Waals surface area contributed by atoms with E-state index in [1.165, 1.54) is 0 Å². The van der Waals surface area contributed by atoms with Gasteiger partial charge in [0.2, 0.25) is 0 Å². The van der Waals surface area contributed by atoms with E-state index < -0.39 is 0 Å². The molecule has 0 saturated carbocycles. The number of amides is 1. The number of ether oxygens (including phenoxy) is 3. The maximum atomic E-state index is 12.2. The number of carbonyl (C=O) groups is 1. The number of carbonyl (C=O) groups excluding carboxylic acids is 1. The molecule has 1 saturated heterocycles. The smallest absolute Gasteiger partial charge is 0.251 e. The van der Waals surface area contributed by atoms with Crippen LogP contribution >= 0.6 is 11.6 Å². The van der Waals surface area contributed by atoms with Crippen LogP contribution in [0.3, 0.4) is 0 Å². The van der Waals surface area contributed by atoms with Crippen molar-refractivity contribution in [1.82, 2.24) is 5.32 Å². The average Bonchev–Trinajstić information content (AvgIpc) is 3.19. The standard InChI is InChI=1S/C20H22ClNO4/c21-16-6-8-17(9-7-16)25-12-10-22-20(23)15-3-1-4-18(13-15)26-14-19-5-2-11-24-19/h1,3-4,6-9,13,19H,2,5,10-12,14H2,(H,22,23). The molecule has 0 aromatic heterocycles. The molecule has 3 rings (SSSR count). The van der Waals surface area contributed by atoms with Gasteiger partial charge in [-0.05, 0) is 55.3 Å². The van der Waals surface area contributed by atoms with E-state index in [4.69, 9.17) is 25.8 Å². The molecule has 1 aliphatic rings. The Bertz CT molecular complexity index is 714. The first-order chi connectivity index (χ1) is 12.7. The van der Waals surface area contributed by atoms with Gasteiger partial charge in [0.25, 0.3) is 5.91 Å². The van der Waals surface area contributed by atoms with Gasteiger partial charge in [0.15, 0.2) is 0 Å². The van der Waals surface area contributed by atoms with Crippen molar-refractivity contribution in [2.75, 3.05) is 26.4 Å². The third-order valence-electron chi connectivity index (χ3n) is 4.03. The molecule has 0 spiro atoms. The summed E-state index contributed by atoms with van der Waals surface area (Å²) in [5.41, 5.74) is 0.557. The van der Waals surface area contributed by atoms with Gasteiger partial charge in [0, 0.05) is 17.2 Å². The summed E-state index contributed by atoms with van der Waals surface area (Å²) in [7, 11) is 0. The highest BCUT2D eigenvalue weighted by atomic mass is 35.5. The topological polar surface area (TPSA) is 56.8 Å². The van der Waals surface area contributed by atoms with E-state index in [9.17, 15) is 4.79 Å². The molecule has 2 aromatic carbocycles. The van der Waals surface area contributed by atoms with E-state index in [1.807, 2.05) is 12.1 Å². The van der Waals surface area contributed by atoms with Crippen molar-refractivity contribution in [1.29, 1.82) is 0 Å². The van der Waals surface area contributed by atoms with Crippen LogP contribution < -0.4 is 14.8 Å².